The summed E-state index contributed by atoms with van der Waals surface area (Å²) in [5, 5.41) is 2.92. The topological polar surface area (TPSA) is 49.4 Å². The van der Waals surface area contributed by atoms with Crippen LogP contribution in [0.25, 0.3) is 0 Å². The molecule has 1 aliphatic heterocycles. The van der Waals surface area contributed by atoms with E-state index >= 15 is 0 Å². The first-order valence-electron chi connectivity index (χ1n) is 3.68. The lowest BCUT2D eigenvalue weighted by molar-refractivity contribution is -0.127. The van der Waals surface area contributed by atoms with E-state index in [1.165, 1.54) is 0 Å². The first-order valence-corrected chi connectivity index (χ1v) is 3.68. The number of nitrogens with one attached hydrogen (secondary N) is 1. The summed E-state index contributed by atoms with van der Waals surface area (Å²) in [4.78, 5) is 23.3. The highest BCUT2D eigenvalue weighted by Gasteiger charge is 2.26. The molecule has 4 nitrogen and oxygen atoms in total. The minimum atomic E-state index is -0.0368. The van der Waals surface area contributed by atoms with Gasteiger partial charge in [-0.1, -0.05) is 0 Å². The minimum absolute atomic E-state index is 0.0334. The number of likely N-dealkylation sites (N-methyl/N-ethyl adjacent to an activating group) is 1. The first-order chi connectivity index (χ1) is 5.24. The predicted octanol–water partition coefficient (Wildman–Crippen LogP) is -0.993. The highest BCUT2D eigenvalue weighted by atomic mass is 16.2. The van der Waals surface area contributed by atoms with Crippen molar-refractivity contribution >= 4 is 11.7 Å². The Labute approximate surface area is 65.6 Å². The van der Waals surface area contributed by atoms with E-state index in [1.54, 1.807) is 4.90 Å². The summed E-state index contributed by atoms with van der Waals surface area (Å²) in [6.45, 7) is 1.70. The molecule has 4 heteroatoms. The van der Waals surface area contributed by atoms with Crippen molar-refractivity contribution in [3.05, 3.63) is 0 Å². The number of rotatable bonds is 3. The zero-order valence-corrected chi connectivity index (χ0v) is 6.59. The summed E-state index contributed by atoms with van der Waals surface area (Å²) in [5.41, 5.74) is 0. The maximum Gasteiger partial charge on any atom is 0.230 e. The van der Waals surface area contributed by atoms with Gasteiger partial charge < -0.3 is 10.2 Å². The molecule has 0 saturated carbocycles. The molecule has 1 rings (SSSR count). The molecule has 0 aromatic heterocycles. The van der Waals surface area contributed by atoms with Gasteiger partial charge in [0.15, 0.2) is 5.78 Å². The number of ketones is 1. The molecule has 0 bridgehead atoms. The van der Waals surface area contributed by atoms with Crippen LogP contribution in [0.3, 0.4) is 0 Å². The van der Waals surface area contributed by atoms with Gasteiger partial charge in [0.25, 0.3) is 0 Å². The van der Waals surface area contributed by atoms with E-state index in [4.69, 9.17) is 0 Å². The van der Waals surface area contributed by atoms with E-state index in [0.717, 1.165) is 6.54 Å². The number of Topliss-reactive ketones (excluding diaryl/α,β-unsaturated/α-hetero) is 1. The van der Waals surface area contributed by atoms with E-state index in [9.17, 15) is 9.59 Å². The Balaban J connectivity index is 2.34. The molecule has 1 heterocycles. The van der Waals surface area contributed by atoms with Crippen LogP contribution in [0, 0.1) is 0 Å². The summed E-state index contributed by atoms with van der Waals surface area (Å²) >= 11 is 0. The Morgan fingerprint density at radius 1 is 1.55 bits per heavy atom. The number of hydrogen-bond acceptors (Lipinski definition) is 3. The Kier molecular flexibility index (Phi) is 2.59. The highest BCUT2D eigenvalue weighted by Crippen LogP contribution is 2.04. The van der Waals surface area contributed by atoms with Crippen LogP contribution in [-0.2, 0) is 9.59 Å². The average molecular weight is 156 g/mol. The van der Waals surface area contributed by atoms with Crippen molar-refractivity contribution in [2.75, 3.05) is 26.7 Å². The summed E-state index contributed by atoms with van der Waals surface area (Å²) in [6.07, 6.45) is 0.101. The molecule has 1 N–H and O–H groups in total. The highest BCUT2D eigenvalue weighted by molar-refractivity contribution is 6.05. The number of amides is 1. The fraction of sp³-hybridized carbons (Fsp3) is 0.714. The molecule has 1 aliphatic rings. The number of nitrogens with zero attached hydrogens (tertiary/aromatic N) is 1. The molecule has 1 saturated heterocycles. The molecule has 0 atom stereocenters. The van der Waals surface area contributed by atoms with Crippen molar-refractivity contribution < 1.29 is 9.59 Å². The summed E-state index contributed by atoms with van der Waals surface area (Å²) < 4.78 is 0. The summed E-state index contributed by atoms with van der Waals surface area (Å²) in [7, 11) is 1.82. The van der Waals surface area contributed by atoms with Crippen molar-refractivity contribution in [3.63, 3.8) is 0 Å². The second-order valence-electron chi connectivity index (χ2n) is 2.63. The van der Waals surface area contributed by atoms with E-state index in [2.05, 4.69) is 5.32 Å². The fourth-order valence-corrected chi connectivity index (χ4v) is 1.09. The van der Waals surface area contributed by atoms with E-state index in [0.29, 0.717) is 13.1 Å². The third-order valence-electron chi connectivity index (χ3n) is 1.70. The number of hydrogen-bond donors (Lipinski definition) is 1. The fourth-order valence-electron chi connectivity index (χ4n) is 1.09. The maximum absolute atomic E-state index is 11.0. The lowest BCUT2D eigenvalue weighted by atomic mass is 10.3. The number of likely N-dealkylation sites (tertiary alicyclic amines) is 1. The van der Waals surface area contributed by atoms with Crippen molar-refractivity contribution in [3.8, 4) is 0 Å². The smallest absolute Gasteiger partial charge is 0.230 e. The Bertz CT molecular complexity index is 179. The molecular weight excluding hydrogens is 144 g/mol. The predicted molar refractivity (Wildman–Crippen MR) is 40.1 cm³/mol. The SMILES string of the molecule is CNCCN1CC(=O)CC1=O. The van der Waals surface area contributed by atoms with Crippen molar-refractivity contribution in [2.45, 2.75) is 6.42 Å². The van der Waals surface area contributed by atoms with Crippen molar-refractivity contribution in [1.29, 1.82) is 0 Å². The van der Waals surface area contributed by atoms with Gasteiger partial charge in [-0.15, -0.1) is 0 Å². The Morgan fingerprint density at radius 2 is 2.27 bits per heavy atom. The molecule has 11 heavy (non-hydrogen) atoms. The monoisotopic (exact) mass is 156 g/mol. The van der Waals surface area contributed by atoms with Gasteiger partial charge in [-0.05, 0) is 7.05 Å². The van der Waals surface area contributed by atoms with E-state index in [-0.39, 0.29) is 18.1 Å². The summed E-state index contributed by atoms with van der Waals surface area (Å²) in [5.74, 6) is -0.00338. The molecule has 62 valence electrons. The molecule has 0 unspecified atom stereocenters. The van der Waals surface area contributed by atoms with Gasteiger partial charge >= 0.3 is 0 Å². The Hall–Kier alpha value is -0.900. The second kappa shape index (κ2) is 3.48. The molecule has 0 aromatic carbocycles. The van der Waals surface area contributed by atoms with Crippen LogP contribution < -0.4 is 5.32 Å². The third-order valence-corrected chi connectivity index (χ3v) is 1.70. The zero-order chi connectivity index (χ0) is 8.27. The van der Waals surface area contributed by atoms with Crippen LogP contribution in [0.15, 0.2) is 0 Å². The number of carbonyl (C=O) groups is 2. The normalized spacial score (nSPS) is 18.1. The standard InChI is InChI=1S/C7H12N2O2/c1-8-2-3-9-5-6(10)4-7(9)11/h8H,2-5H2,1H3. The van der Waals surface area contributed by atoms with Gasteiger partial charge in [0.05, 0.1) is 13.0 Å². The van der Waals surface area contributed by atoms with Gasteiger partial charge in [0.2, 0.25) is 5.91 Å². The van der Waals surface area contributed by atoms with E-state index < -0.39 is 0 Å². The van der Waals surface area contributed by atoms with Gasteiger partial charge in [-0.2, -0.15) is 0 Å². The molecule has 0 spiro atoms. The van der Waals surface area contributed by atoms with Gasteiger partial charge in [0, 0.05) is 13.1 Å². The first kappa shape index (κ1) is 8.20. The van der Waals surface area contributed by atoms with Crippen LogP contribution in [0.2, 0.25) is 0 Å². The van der Waals surface area contributed by atoms with Crippen LogP contribution in [0.5, 0.6) is 0 Å². The maximum atomic E-state index is 11.0. The lowest BCUT2D eigenvalue weighted by Crippen LogP contribution is -2.32. The van der Waals surface area contributed by atoms with Gasteiger partial charge in [-0.3, -0.25) is 9.59 Å². The largest absolute Gasteiger partial charge is 0.334 e. The van der Waals surface area contributed by atoms with Crippen LogP contribution in [0.4, 0.5) is 0 Å². The molecule has 1 amide bonds. The minimum Gasteiger partial charge on any atom is -0.334 e. The van der Waals surface area contributed by atoms with Crippen LogP contribution in [0.1, 0.15) is 6.42 Å². The molecule has 1 fully saturated rings. The molecular formula is C7H12N2O2. The zero-order valence-electron chi connectivity index (χ0n) is 6.59. The Morgan fingerprint density at radius 3 is 2.73 bits per heavy atom. The lowest BCUT2D eigenvalue weighted by Gasteiger charge is -2.12. The van der Waals surface area contributed by atoms with Crippen LogP contribution in [-0.4, -0.2) is 43.3 Å². The summed E-state index contributed by atoms with van der Waals surface area (Å²) in [6, 6.07) is 0. The molecule has 0 aromatic rings. The molecule has 0 aliphatic carbocycles. The third kappa shape index (κ3) is 2.01. The van der Waals surface area contributed by atoms with Gasteiger partial charge in [-0.25, -0.2) is 0 Å². The van der Waals surface area contributed by atoms with Crippen molar-refractivity contribution in [1.82, 2.24) is 10.2 Å². The van der Waals surface area contributed by atoms with Crippen LogP contribution >= 0.6 is 0 Å². The van der Waals surface area contributed by atoms with E-state index in [1.807, 2.05) is 7.05 Å². The second-order valence-corrected chi connectivity index (χ2v) is 2.63. The average Bonchev–Trinajstić information content (AvgIpc) is 2.26. The molecule has 0 radical (unpaired) electrons. The van der Waals surface area contributed by atoms with Crippen molar-refractivity contribution in [2.24, 2.45) is 0 Å². The number of carbonyl (C=O) groups excluding carboxylic acids is 2. The quantitative estimate of drug-likeness (QED) is 0.534. The van der Waals surface area contributed by atoms with Gasteiger partial charge in [0.1, 0.15) is 0 Å².